The van der Waals surface area contributed by atoms with E-state index < -0.39 is 0 Å². The summed E-state index contributed by atoms with van der Waals surface area (Å²) in [6.45, 7) is 13.8. The predicted octanol–water partition coefficient (Wildman–Crippen LogP) is 3.32. The van der Waals surface area contributed by atoms with Gasteiger partial charge < -0.3 is 9.73 Å². The first-order valence-electron chi connectivity index (χ1n) is 7.22. The largest absolute Gasteiger partial charge is 0.465 e. The van der Waals surface area contributed by atoms with Crippen LogP contribution in [0.5, 0.6) is 0 Å². The molecule has 0 bridgehead atoms. The zero-order valence-electron chi connectivity index (χ0n) is 12.4. The van der Waals surface area contributed by atoms with Crippen LogP contribution in [0.2, 0.25) is 0 Å². The first-order chi connectivity index (χ1) is 8.71. The molecule has 1 aromatic rings. The van der Waals surface area contributed by atoms with Gasteiger partial charge in [0.1, 0.15) is 11.5 Å². The van der Waals surface area contributed by atoms with Crippen molar-refractivity contribution in [1.82, 2.24) is 10.2 Å². The number of hydrogen-bond acceptors (Lipinski definition) is 3. The van der Waals surface area contributed by atoms with Gasteiger partial charge in [0.05, 0.1) is 6.54 Å². The van der Waals surface area contributed by atoms with Crippen molar-refractivity contribution in [3.63, 3.8) is 0 Å². The summed E-state index contributed by atoms with van der Waals surface area (Å²) in [6, 6.07) is 2.20. The monoisotopic (exact) mass is 252 g/mol. The topological polar surface area (TPSA) is 28.4 Å². The van der Waals surface area contributed by atoms with Gasteiger partial charge in [0.15, 0.2) is 0 Å². The summed E-state index contributed by atoms with van der Waals surface area (Å²) in [6.07, 6.45) is 2.36. The van der Waals surface area contributed by atoms with E-state index in [0.29, 0.717) is 0 Å². The molecule has 0 fully saturated rings. The first-order valence-corrected chi connectivity index (χ1v) is 7.22. The van der Waals surface area contributed by atoms with Gasteiger partial charge in [-0.2, -0.15) is 0 Å². The van der Waals surface area contributed by atoms with E-state index in [4.69, 9.17) is 4.42 Å². The Bertz CT molecular complexity index is 333. The fraction of sp³-hybridized carbons (Fsp3) is 0.733. The third-order valence-electron chi connectivity index (χ3n) is 3.18. The molecule has 104 valence electrons. The molecule has 18 heavy (non-hydrogen) atoms. The molecule has 0 unspecified atom stereocenters. The fourth-order valence-electron chi connectivity index (χ4n) is 2.13. The van der Waals surface area contributed by atoms with Crippen LogP contribution in [0.1, 0.15) is 50.7 Å². The van der Waals surface area contributed by atoms with E-state index in [2.05, 4.69) is 44.0 Å². The highest BCUT2D eigenvalue weighted by Crippen LogP contribution is 2.16. The smallest absolute Gasteiger partial charge is 0.118 e. The molecule has 0 atom stereocenters. The van der Waals surface area contributed by atoms with E-state index in [0.717, 1.165) is 44.2 Å². The highest BCUT2D eigenvalue weighted by Gasteiger charge is 2.10. The summed E-state index contributed by atoms with van der Waals surface area (Å²) in [4.78, 5) is 2.42. The molecule has 0 saturated heterocycles. The van der Waals surface area contributed by atoms with E-state index in [1.807, 2.05) is 0 Å². The number of rotatable bonds is 9. The number of nitrogens with zero attached hydrogens (tertiary/aromatic N) is 1. The minimum Gasteiger partial charge on any atom is -0.465 e. The molecule has 0 aliphatic carbocycles. The van der Waals surface area contributed by atoms with Crippen LogP contribution >= 0.6 is 0 Å². The molecule has 0 aliphatic rings. The van der Waals surface area contributed by atoms with Crippen molar-refractivity contribution in [2.45, 2.75) is 53.6 Å². The summed E-state index contributed by atoms with van der Waals surface area (Å²) >= 11 is 0. The summed E-state index contributed by atoms with van der Waals surface area (Å²) in [7, 11) is 0. The van der Waals surface area contributed by atoms with Crippen molar-refractivity contribution >= 4 is 0 Å². The maximum atomic E-state index is 5.84. The van der Waals surface area contributed by atoms with Gasteiger partial charge in [0, 0.05) is 12.1 Å². The summed E-state index contributed by atoms with van der Waals surface area (Å²) < 4.78 is 5.84. The first kappa shape index (κ1) is 15.3. The Kier molecular flexibility index (Phi) is 7.06. The highest BCUT2D eigenvalue weighted by molar-refractivity contribution is 5.20. The van der Waals surface area contributed by atoms with Crippen LogP contribution in [0, 0.1) is 6.92 Å². The van der Waals surface area contributed by atoms with Crippen LogP contribution < -0.4 is 5.32 Å². The lowest BCUT2D eigenvalue weighted by Gasteiger charge is -2.17. The number of furan rings is 1. The molecule has 1 rings (SSSR count). The Balaban J connectivity index is 2.54. The van der Waals surface area contributed by atoms with Crippen LogP contribution in [0.4, 0.5) is 0 Å². The Morgan fingerprint density at radius 2 is 2.00 bits per heavy atom. The van der Waals surface area contributed by atoms with Crippen molar-refractivity contribution < 1.29 is 4.42 Å². The van der Waals surface area contributed by atoms with Gasteiger partial charge in [-0.15, -0.1) is 0 Å². The van der Waals surface area contributed by atoms with Crippen molar-refractivity contribution in [2.75, 3.05) is 19.6 Å². The SMILES string of the molecule is CCCNCc1cc(CN(CC)CCC)oc1C. The molecule has 1 heterocycles. The second kappa shape index (κ2) is 8.33. The third kappa shape index (κ3) is 4.83. The quantitative estimate of drug-likeness (QED) is 0.683. The minimum absolute atomic E-state index is 0.920. The van der Waals surface area contributed by atoms with E-state index in [9.17, 15) is 0 Å². The average Bonchev–Trinajstić information content (AvgIpc) is 2.70. The third-order valence-corrected chi connectivity index (χ3v) is 3.18. The van der Waals surface area contributed by atoms with Gasteiger partial charge >= 0.3 is 0 Å². The molecule has 0 aliphatic heterocycles. The van der Waals surface area contributed by atoms with Crippen molar-refractivity contribution in [3.05, 3.63) is 23.2 Å². The number of hydrogen-bond donors (Lipinski definition) is 1. The van der Waals surface area contributed by atoms with E-state index in [-0.39, 0.29) is 0 Å². The fourth-order valence-corrected chi connectivity index (χ4v) is 2.13. The maximum absolute atomic E-state index is 5.84. The second-order valence-electron chi connectivity index (χ2n) is 4.84. The minimum atomic E-state index is 0.920. The van der Waals surface area contributed by atoms with E-state index in [1.54, 1.807) is 0 Å². The van der Waals surface area contributed by atoms with Crippen LogP contribution in [-0.4, -0.2) is 24.5 Å². The second-order valence-corrected chi connectivity index (χ2v) is 4.84. The normalized spacial score (nSPS) is 11.4. The Hall–Kier alpha value is -0.800. The Labute approximate surface area is 112 Å². The molecule has 3 nitrogen and oxygen atoms in total. The van der Waals surface area contributed by atoms with E-state index in [1.165, 1.54) is 18.4 Å². The van der Waals surface area contributed by atoms with Crippen LogP contribution in [0.25, 0.3) is 0 Å². The van der Waals surface area contributed by atoms with Crippen LogP contribution in [0.15, 0.2) is 10.5 Å². The van der Waals surface area contributed by atoms with Gasteiger partial charge in [-0.05, 0) is 45.5 Å². The molecule has 0 saturated carbocycles. The lowest BCUT2D eigenvalue weighted by molar-refractivity contribution is 0.254. The van der Waals surface area contributed by atoms with Crippen molar-refractivity contribution in [3.8, 4) is 0 Å². The maximum Gasteiger partial charge on any atom is 0.118 e. The zero-order chi connectivity index (χ0) is 13.4. The predicted molar refractivity (Wildman–Crippen MR) is 76.7 cm³/mol. The molecule has 3 heteroatoms. The zero-order valence-corrected chi connectivity index (χ0v) is 12.4. The lowest BCUT2D eigenvalue weighted by Crippen LogP contribution is -2.23. The average molecular weight is 252 g/mol. The Morgan fingerprint density at radius 3 is 2.61 bits per heavy atom. The van der Waals surface area contributed by atoms with Crippen molar-refractivity contribution in [1.29, 1.82) is 0 Å². The standard InChI is InChI=1S/C15H28N2O/c1-5-8-16-11-14-10-15(18-13(14)4)12-17(7-3)9-6-2/h10,16H,5-9,11-12H2,1-4H3. The number of nitrogens with one attached hydrogen (secondary N) is 1. The van der Waals surface area contributed by atoms with Crippen molar-refractivity contribution in [2.24, 2.45) is 0 Å². The summed E-state index contributed by atoms with van der Waals surface area (Å²) in [5, 5.41) is 3.42. The molecule has 0 spiro atoms. The number of aryl methyl sites for hydroxylation is 1. The van der Waals surface area contributed by atoms with Gasteiger partial charge in [0.2, 0.25) is 0 Å². The van der Waals surface area contributed by atoms with Gasteiger partial charge in [-0.25, -0.2) is 0 Å². The lowest BCUT2D eigenvalue weighted by atomic mass is 10.2. The van der Waals surface area contributed by atoms with Gasteiger partial charge in [-0.3, -0.25) is 4.90 Å². The Morgan fingerprint density at radius 1 is 1.22 bits per heavy atom. The molecule has 1 N–H and O–H groups in total. The molecule has 0 amide bonds. The summed E-state index contributed by atoms with van der Waals surface area (Å²) in [5.41, 5.74) is 1.30. The molecule has 0 radical (unpaired) electrons. The van der Waals surface area contributed by atoms with Gasteiger partial charge in [-0.1, -0.05) is 20.8 Å². The van der Waals surface area contributed by atoms with Crippen LogP contribution in [-0.2, 0) is 13.1 Å². The molecule has 1 aromatic heterocycles. The molecule has 0 aromatic carbocycles. The molecular weight excluding hydrogens is 224 g/mol. The highest BCUT2D eigenvalue weighted by atomic mass is 16.3. The summed E-state index contributed by atoms with van der Waals surface area (Å²) in [5.74, 6) is 2.15. The molecular formula is C15H28N2O. The van der Waals surface area contributed by atoms with E-state index >= 15 is 0 Å². The van der Waals surface area contributed by atoms with Crippen LogP contribution in [0.3, 0.4) is 0 Å². The van der Waals surface area contributed by atoms with Gasteiger partial charge in [0.25, 0.3) is 0 Å².